The molecule has 3 aromatic rings. The zero-order valence-corrected chi connectivity index (χ0v) is 13.3. The van der Waals surface area contributed by atoms with Gasteiger partial charge in [0.1, 0.15) is 0 Å². The predicted molar refractivity (Wildman–Crippen MR) is 89.4 cm³/mol. The van der Waals surface area contributed by atoms with Crippen molar-refractivity contribution in [2.24, 2.45) is 0 Å². The first kappa shape index (κ1) is 14.2. The maximum absolute atomic E-state index is 4.64. The Bertz CT molecular complexity index is 787. The Morgan fingerprint density at radius 2 is 2.13 bits per heavy atom. The van der Waals surface area contributed by atoms with E-state index in [1.54, 1.807) is 0 Å². The minimum atomic E-state index is 0.366. The number of fused-ring (bicyclic) bond motifs is 1. The van der Waals surface area contributed by atoms with Gasteiger partial charge in [-0.1, -0.05) is 18.2 Å². The standard InChI is InChI=1S/C18H21N5/c1-13-14(11-20-22-13)10-19-17-8-5-9-18-16(17)12-21-23(18)15-6-3-2-4-7-15/h2-4,6-7,11-12,17,19H,5,8-10H2,1H3,(H,20,22). The van der Waals surface area contributed by atoms with Gasteiger partial charge in [-0.3, -0.25) is 5.10 Å². The second kappa shape index (κ2) is 6.01. The van der Waals surface area contributed by atoms with Crippen molar-refractivity contribution in [1.29, 1.82) is 0 Å². The summed E-state index contributed by atoms with van der Waals surface area (Å²) in [4.78, 5) is 0. The Labute approximate surface area is 135 Å². The van der Waals surface area contributed by atoms with Crippen LogP contribution in [0.2, 0.25) is 0 Å². The van der Waals surface area contributed by atoms with Gasteiger partial charge in [0.05, 0.1) is 18.1 Å². The van der Waals surface area contributed by atoms with E-state index in [4.69, 9.17) is 0 Å². The molecule has 1 aromatic carbocycles. The topological polar surface area (TPSA) is 58.5 Å². The third-order valence-corrected chi connectivity index (χ3v) is 4.66. The largest absolute Gasteiger partial charge is 0.306 e. The van der Waals surface area contributed by atoms with Crippen LogP contribution in [-0.4, -0.2) is 20.0 Å². The van der Waals surface area contributed by atoms with Crippen molar-refractivity contribution in [2.75, 3.05) is 0 Å². The highest BCUT2D eigenvalue weighted by Crippen LogP contribution is 2.31. The van der Waals surface area contributed by atoms with Crippen molar-refractivity contribution in [1.82, 2.24) is 25.3 Å². The van der Waals surface area contributed by atoms with Crippen molar-refractivity contribution in [3.8, 4) is 5.69 Å². The predicted octanol–water partition coefficient (Wildman–Crippen LogP) is 3.07. The number of rotatable bonds is 4. The Balaban J connectivity index is 1.57. The molecule has 0 radical (unpaired) electrons. The van der Waals surface area contributed by atoms with E-state index >= 15 is 0 Å². The van der Waals surface area contributed by atoms with Crippen molar-refractivity contribution >= 4 is 0 Å². The first-order valence-corrected chi connectivity index (χ1v) is 8.17. The van der Waals surface area contributed by atoms with Gasteiger partial charge in [0, 0.05) is 35.1 Å². The number of nitrogens with one attached hydrogen (secondary N) is 2. The Morgan fingerprint density at radius 3 is 2.91 bits per heavy atom. The molecule has 0 saturated heterocycles. The molecule has 4 rings (SSSR count). The molecular formula is C18H21N5. The highest BCUT2D eigenvalue weighted by molar-refractivity contribution is 5.37. The molecule has 2 aromatic heterocycles. The summed E-state index contributed by atoms with van der Waals surface area (Å²) in [7, 11) is 0. The van der Waals surface area contributed by atoms with Crippen LogP contribution in [0.4, 0.5) is 0 Å². The van der Waals surface area contributed by atoms with Crippen LogP contribution in [0.5, 0.6) is 0 Å². The van der Waals surface area contributed by atoms with Crippen LogP contribution in [-0.2, 0) is 13.0 Å². The number of aryl methyl sites for hydroxylation is 1. The lowest BCUT2D eigenvalue weighted by Gasteiger charge is -2.24. The first-order chi connectivity index (χ1) is 11.3. The lowest BCUT2D eigenvalue weighted by Crippen LogP contribution is -2.25. The van der Waals surface area contributed by atoms with Crippen molar-refractivity contribution in [2.45, 2.75) is 38.8 Å². The fraction of sp³-hybridized carbons (Fsp3) is 0.333. The molecule has 0 spiro atoms. The van der Waals surface area contributed by atoms with E-state index in [9.17, 15) is 0 Å². The van der Waals surface area contributed by atoms with E-state index < -0.39 is 0 Å². The van der Waals surface area contributed by atoms with Gasteiger partial charge < -0.3 is 5.32 Å². The number of hydrogen-bond acceptors (Lipinski definition) is 3. The van der Waals surface area contributed by atoms with Gasteiger partial charge in [0.2, 0.25) is 0 Å². The second-order valence-electron chi connectivity index (χ2n) is 6.14. The summed E-state index contributed by atoms with van der Waals surface area (Å²) >= 11 is 0. The molecule has 1 atom stereocenters. The molecule has 0 saturated carbocycles. The van der Waals surface area contributed by atoms with E-state index in [1.807, 2.05) is 18.5 Å². The summed E-state index contributed by atoms with van der Waals surface area (Å²) in [6.07, 6.45) is 7.37. The minimum Gasteiger partial charge on any atom is -0.306 e. The number of aromatic amines is 1. The molecule has 2 N–H and O–H groups in total. The van der Waals surface area contributed by atoms with E-state index in [1.165, 1.54) is 23.2 Å². The summed E-state index contributed by atoms with van der Waals surface area (Å²) in [5, 5.41) is 15.4. The van der Waals surface area contributed by atoms with Crippen LogP contribution < -0.4 is 5.32 Å². The molecule has 5 nitrogen and oxygen atoms in total. The summed E-state index contributed by atoms with van der Waals surface area (Å²) < 4.78 is 2.09. The van der Waals surface area contributed by atoms with E-state index in [0.717, 1.165) is 30.8 Å². The molecule has 1 aliphatic rings. The fourth-order valence-electron chi connectivity index (χ4n) is 3.35. The highest BCUT2D eigenvalue weighted by Gasteiger charge is 2.24. The van der Waals surface area contributed by atoms with E-state index in [0.29, 0.717) is 6.04 Å². The third kappa shape index (κ3) is 2.68. The third-order valence-electron chi connectivity index (χ3n) is 4.66. The average Bonchev–Trinajstić information content (AvgIpc) is 3.20. The van der Waals surface area contributed by atoms with Gasteiger partial charge in [-0.25, -0.2) is 4.68 Å². The molecule has 0 aliphatic heterocycles. The summed E-state index contributed by atoms with van der Waals surface area (Å²) in [6.45, 7) is 2.90. The number of nitrogens with zero attached hydrogens (tertiary/aromatic N) is 3. The molecule has 2 heterocycles. The molecular weight excluding hydrogens is 286 g/mol. The van der Waals surface area contributed by atoms with Crippen LogP contribution in [0, 0.1) is 6.92 Å². The zero-order chi connectivity index (χ0) is 15.6. The lowest BCUT2D eigenvalue weighted by atomic mass is 9.92. The molecule has 0 fully saturated rings. The van der Waals surface area contributed by atoms with Crippen LogP contribution in [0.3, 0.4) is 0 Å². The maximum Gasteiger partial charge on any atom is 0.0648 e. The molecule has 0 bridgehead atoms. The summed E-state index contributed by atoms with van der Waals surface area (Å²) in [6, 6.07) is 10.7. The molecule has 1 aliphatic carbocycles. The lowest BCUT2D eigenvalue weighted by molar-refractivity contribution is 0.454. The van der Waals surface area contributed by atoms with Crippen LogP contribution in [0.25, 0.3) is 5.69 Å². The van der Waals surface area contributed by atoms with Gasteiger partial charge in [-0.05, 0) is 38.3 Å². The maximum atomic E-state index is 4.64. The molecule has 23 heavy (non-hydrogen) atoms. The normalized spacial score (nSPS) is 17.2. The molecule has 0 amide bonds. The van der Waals surface area contributed by atoms with Crippen LogP contribution in [0.15, 0.2) is 42.7 Å². The van der Waals surface area contributed by atoms with E-state index in [-0.39, 0.29) is 0 Å². The van der Waals surface area contributed by atoms with Gasteiger partial charge in [-0.15, -0.1) is 0 Å². The highest BCUT2D eigenvalue weighted by atomic mass is 15.3. The van der Waals surface area contributed by atoms with Crippen molar-refractivity contribution in [3.63, 3.8) is 0 Å². The molecule has 5 heteroatoms. The number of H-pyrrole nitrogens is 1. The SMILES string of the molecule is Cc1[nH]ncc1CNC1CCCc2c1cnn2-c1ccccc1. The van der Waals surface area contributed by atoms with Gasteiger partial charge >= 0.3 is 0 Å². The van der Waals surface area contributed by atoms with Crippen molar-refractivity contribution in [3.05, 3.63) is 65.2 Å². The number of hydrogen-bond donors (Lipinski definition) is 2. The van der Waals surface area contributed by atoms with Gasteiger partial charge in [0.25, 0.3) is 0 Å². The fourth-order valence-corrected chi connectivity index (χ4v) is 3.35. The number of aromatic nitrogens is 4. The summed E-state index contributed by atoms with van der Waals surface area (Å²) in [5.41, 5.74) is 6.17. The smallest absolute Gasteiger partial charge is 0.0648 e. The Hall–Kier alpha value is -2.40. The zero-order valence-electron chi connectivity index (χ0n) is 13.3. The summed E-state index contributed by atoms with van der Waals surface area (Å²) in [5.74, 6) is 0. The second-order valence-corrected chi connectivity index (χ2v) is 6.14. The Kier molecular flexibility index (Phi) is 3.71. The quantitative estimate of drug-likeness (QED) is 0.779. The number of benzene rings is 1. The van der Waals surface area contributed by atoms with E-state index in [2.05, 4.69) is 56.5 Å². The van der Waals surface area contributed by atoms with Crippen LogP contribution in [0.1, 0.15) is 41.4 Å². The molecule has 118 valence electrons. The van der Waals surface area contributed by atoms with Gasteiger partial charge in [-0.2, -0.15) is 10.2 Å². The Morgan fingerprint density at radius 1 is 1.26 bits per heavy atom. The first-order valence-electron chi connectivity index (χ1n) is 8.17. The monoisotopic (exact) mass is 307 g/mol. The molecule has 1 unspecified atom stereocenters. The van der Waals surface area contributed by atoms with Crippen LogP contribution >= 0.6 is 0 Å². The van der Waals surface area contributed by atoms with Gasteiger partial charge in [0.15, 0.2) is 0 Å². The minimum absolute atomic E-state index is 0.366. The van der Waals surface area contributed by atoms with Crippen molar-refractivity contribution < 1.29 is 0 Å². The number of para-hydroxylation sites is 1. The average molecular weight is 307 g/mol.